The number of carbonyl (C=O) groups is 1. The van der Waals surface area contributed by atoms with Crippen LogP contribution in [0.1, 0.15) is 17.3 Å². The van der Waals surface area contributed by atoms with Gasteiger partial charge in [-0.3, -0.25) is 4.79 Å². The fourth-order valence-corrected chi connectivity index (χ4v) is 3.37. The van der Waals surface area contributed by atoms with Crippen LogP contribution in [0, 0.1) is 5.82 Å². The van der Waals surface area contributed by atoms with Gasteiger partial charge >= 0.3 is 0 Å². The van der Waals surface area contributed by atoms with Gasteiger partial charge in [0.1, 0.15) is 5.82 Å². The molecular formula is C22H22FN3O2. The molecule has 1 aliphatic rings. The van der Waals surface area contributed by atoms with Crippen LogP contribution >= 0.6 is 0 Å². The zero-order chi connectivity index (χ0) is 19.7. The molecular weight excluding hydrogens is 357 g/mol. The van der Waals surface area contributed by atoms with E-state index >= 15 is 0 Å². The van der Waals surface area contributed by atoms with E-state index in [0.717, 1.165) is 6.54 Å². The highest BCUT2D eigenvalue weighted by molar-refractivity contribution is 6.00. The summed E-state index contributed by atoms with van der Waals surface area (Å²) in [7, 11) is 2.07. The van der Waals surface area contributed by atoms with Crippen molar-refractivity contribution in [2.24, 2.45) is 0 Å². The standard InChI is InChI=1S/C22H22FN3O2/c1-3-25(2)15-13-26(14-15)22(27)17-9-5-4-8-16(17)21-24-12-20(28-21)18-10-6-7-11-19(18)23/h4-12,15H,3,13-14H2,1-2H3. The van der Waals surface area contributed by atoms with Gasteiger partial charge in [-0.15, -0.1) is 0 Å². The third-order valence-corrected chi connectivity index (χ3v) is 5.30. The van der Waals surface area contributed by atoms with Gasteiger partial charge in [0.2, 0.25) is 5.89 Å². The molecule has 3 aromatic rings. The van der Waals surface area contributed by atoms with Gasteiger partial charge in [-0.2, -0.15) is 0 Å². The predicted molar refractivity (Wildman–Crippen MR) is 105 cm³/mol. The molecule has 0 saturated carbocycles. The quantitative estimate of drug-likeness (QED) is 0.674. The summed E-state index contributed by atoms with van der Waals surface area (Å²) in [4.78, 5) is 21.4. The number of halogens is 1. The molecule has 0 bridgehead atoms. The number of hydrogen-bond donors (Lipinski definition) is 0. The SMILES string of the molecule is CCN(C)C1CN(C(=O)c2ccccc2-c2ncc(-c3ccccc3F)o2)C1. The van der Waals surface area contributed by atoms with Crippen LogP contribution in [0.5, 0.6) is 0 Å². The zero-order valence-corrected chi connectivity index (χ0v) is 15.9. The fraction of sp³-hybridized carbons (Fsp3) is 0.273. The predicted octanol–water partition coefficient (Wildman–Crippen LogP) is 3.92. The number of likely N-dealkylation sites (N-methyl/N-ethyl adjacent to an activating group) is 1. The van der Waals surface area contributed by atoms with Crippen molar-refractivity contribution >= 4 is 5.91 Å². The average molecular weight is 379 g/mol. The van der Waals surface area contributed by atoms with E-state index in [-0.39, 0.29) is 11.7 Å². The Morgan fingerprint density at radius 3 is 2.57 bits per heavy atom. The van der Waals surface area contributed by atoms with Crippen LogP contribution in [0.25, 0.3) is 22.8 Å². The first kappa shape index (κ1) is 18.4. The van der Waals surface area contributed by atoms with Gasteiger partial charge in [-0.25, -0.2) is 9.37 Å². The summed E-state index contributed by atoms with van der Waals surface area (Å²) in [5.41, 5.74) is 1.50. The summed E-state index contributed by atoms with van der Waals surface area (Å²) in [5, 5.41) is 0. The largest absolute Gasteiger partial charge is 0.436 e. The Morgan fingerprint density at radius 2 is 1.86 bits per heavy atom. The van der Waals surface area contributed by atoms with E-state index in [4.69, 9.17) is 4.42 Å². The summed E-state index contributed by atoms with van der Waals surface area (Å²) in [5.74, 6) is 0.233. The Kier molecular flexibility index (Phi) is 4.96. The first-order valence-corrected chi connectivity index (χ1v) is 9.38. The number of likely N-dealkylation sites (tertiary alicyclic amines) is 1. The van der Waals surface area contributed by atoms with Crippen molar-refractivity contribution in [1.82, 2.24) is 14.8 Å². The lowest BCUT2D eigenvalue weighted by Gasteiger charge is -2.43. The molecule has 6 heteroatoms. The van der Waals surface area contributed by atoms with Gasteiger partial charge in [-0.05, 0) is 37.9 Å². The average Bonchev–Trinajstić information content (AvgIpc) is 3.16. The van der Waals surface area contributed by atoms with Crippen LogP contribution in [-0.2, 0) is 0 Å². The molecule has 28 heavy (non-hydrogen) atoms. The van der Waals surface area contributed by atoms with Crippen molar-refractivity contribution in [2.45, 2.75) is 13.0 Å². The number of amides is 1. The Bertz CT molecular complexity index is 995. The van der Waals surface area contributed by atoms with Crippen LogP contribution < -0.4 is 0 Å². The van der Waals surface area contributed by atoms with Gasteiger partial charge in [0.15, 0.2) is 5.76 Å². The summed E-state index contributed by atoms with van der Waals surface area (Å²) < 4.78 is 19.8. The monoisotopic (exact) mass is 379 g/mol. The third-order valence-electron chi connectivity index (χ3n) is 5.30. The topological polar surface area (TPSA) is 49.6 Å². The molecule has 2 aromatic carbocycles. The maximum Gasteiger partial charge on any atom is 0.254 e. The minimum atomic E-state index is -0.374. The molecule has 4 rings (SSSR count). The molecule has 144 valence electrons. The third kappa shape index (κ3) is 3.31. The summed E-state index contributed by atoms with van der Waals surface area (Å²) in [6, 6.07) is 14.0. The Balaban J connectivity index is 1.59. The number of hydrogen-bond acceptors (Lipinski definition) is 4. The van der Waals surface area contributed by atoms with Gasteiger partial charge in [0.25, 0.3) is 5.91 Å². The number of rotatable bonds is 5. The second-order valence-corrected chi connectivity index (χ2v) is 6.99. The Morgan fingerprint density at radius 1 is 1.18 bits per heavy atom. The fourth-order valence-electron chi connectivity index (χ4n) is 3.37. The molecule has 2 heterocycles. The molecule has 5 nitrogen and oxygen atoms in total. The van der Waals surface area contributed by atoms with Gasteiger partial charge in [-0.1, -0.05) is 31.2 Å². The molecule has 1 fully saturated rings. The van der Waals surface area contributed by atoms with Crippen LogP contribution in [-0.4, -0.2) is 53.4 Å². The Labute approximate surface area is 163 Å². The number of carbonyl (C=O) groups excluding carboxylic acids is 1. The van der Waals surface area contributed by atoms with Gasteiger partial charge in [0.05, 0.1) is 17.3 Å². The van der Waals surface area contributed by atoms with Crippen LogP contribution in [0.4, 0.5) is 4.39 Å². The van der Waals surface area contributed by atoms with Crippen molar-refractivity contribution in [3.05, 3.63) is 66.1 Å². The van der Waals surface area contributed by atoms with Crippen molar-refractivity contribution in [3.63, 3.8) is 0 Å². The number of benzene rings is 2. The minimum Gasteiger partial charge on any atom is -0.436 e. The molecule has 0 aliphatic carbocycles. The van der Waals surface area contributed by atoms with Crippen molar-refractivity contribution in [2.75, 3.05) is 26.7 Å². The second kappa shape index (κ2) is 7.56. The molecule has 1 aliphatic heterocycles. The van der Waals surface area contributed by atoms with E-state index in [1.54, 1.807) is 30.3 Å². The molecule has 1 amide bonds. The van der Waals surface area contributed by atoms with Crippen LogP contribution in [0.2, 0.25) is 0 Å². The van der Waals surface area contributed by atoms with E-state index in [2.05, 4.69) is 23.9 Å². The highest BCUT2D eigenvalue weighted by Crippen LogP contribution is 2.30. The smallest absolute Gasteiger partial charge is 0.254 e. The first-order valence-electron chi connectivity index (χ1n) is 9.38. The first-order chi connectivity index (χ1) is 13.6. The highest BCUT2D eigenvalue weighted by atomic mass is 19.1. The van der Waals surface area contributed by atoms with Gasteiger partial charge in [0, 0.05) is 24.7 Å². The van der Waals surface area contributed by atoms with E-state index < -0.39 is 0 Å². The van der Waals surface area contributed by atoms with E-state index in [1.165, 1.54) is 12.3 Å². The molecule has 0 N–H and O–H groups in total. The maximum absolute atomic E-state index is 14.0. The second-order valence-electron chi connectivity index (χ2n) is 6.99. The minimum absolute atomic E-state index is 0.0398. The summed E-state index contributed by atoms with van der Waals surface area (Å²) in [6.45, 7) is 4.49. The normalized spacial score (nSPS) is 14.4. The summed E-state index contributed by atoms with van der Waals surface area (Å²) in [6.07, 6.45) is 1.49. The van der Waals surface area contributed by atoms with Gasteiger partial charge < -0.3 is 14.2 Å². The molecule has 0 atom stereocenters. The Hall–Kier alpha value is -2.99. The maximum atomic E-state index is 14.0. The molecule has 1 saturated heterocycles. The van der Waals surface area contributed by atoms with Crippen LogP contribution in [0.3, 0.4) is 0 Å². The highest BCUT2D eigenvalue weighted by Gasteiger charge is 2.34. The van der Waals surface area contributed by atoms with Crippen LogP contribution in [0.15, 0.2) is 59.1 Å². The van der Waals surface area contributed by atoms with Crippen molar-refractivity contribution in [1.29, 1.82) is 0 Å². The van der Waals surface area contributed by atoms with E-state index in [0.29, 0.717) is 47.5 Å². The lowest BCUT2D eigenvalue weighted by molar-refractivity contribution is 0.0354. The molecule has 0 radical (unpaired) electrons. The zero-order valence-electron chi connectivity index (χ0n) is 15.9. The lowest BCUT2D eigenvalue weighted by Crippen LogP contribution is -2.60. The lowest BCUT2D eigenvalue weighted by atomic mass is 10.0. The van der Waals surface area contributed by atoms with Crippen molar-refractivity contribution < 1.29 is 13.6 Å². The molecule has 1 aromatic heterocycles. The number of nitrogens with zero attached hydrogens (tertiary/aromatic N) is 3. The summed E-state index contributed by atoms with van der Waals surface area (Å²) >= 11 is 0. The molecule has 0 spiro atoms. The van der Waals surface area contributed by atoms with E-state index in [9.17, 15) is 9.18 Å². The van der Waals surface area contributed by atoms with Crippen molar-refractivity contribution in [3.8, 4) is 22.8 Å². The number of aromatic nitrogens is 1. The molecule has 0 unspecified atom stereocenters. The van der Waals surface area contributed by atoms with E-state index in [1.807, 2.05) is 17.0 Å². The number of oxazole rings is 1.